The minimum Gasteiger partial charge on any atom is -0.488 e. The Hall–Kier alpha value is -2.54. The largest absolute Gasteiger partial charge is 0.488 e. The topological polar surface area (TPSA) is 79.8 Å². The van der Waals surface area contributed by atoms with Gasteiger partial charge in [0.25, 0.3) is 0 Å². The van der Waals surface area contributed by atoms with Gasteiger partial charge in [0.1, 0.15) is 11.4 Å². The van der Waals surface area contributed by atoms with E-state index in [9.17, 15) is 8.42 Å². The molecule has 0 amide bonds. The number of benzene rings is 2. The Kier molecular flexibility index (Phi) is 9.37. The first kappa shape index (κ1) is 24.7. The second-order valence-corrected chi connectivity index (χ2v) is 10.6. The lowest BCUT2D eigenvalue weighted by Gasteiger charge is -2.23. The van der Waals surface area contributed by atoms with E-state index in [4.69, 9.17) is 4.74 Å². The molecule has 7 heteroatoms. The van der Waals surface area contributed by atoms with Crippen LogP contribution in [-0.4, -0.2) is 38.8 Å². The van der Waals surface area contributed by atoms with Crippen molar-refractivity contribution in [1.82, 2.24) is 10.6 Å². The van der Waals surface area contributed by atoms with Crippen LogP contribution in [0.5, 0.6) is 5.75 Å². The first-order chi connectivity index (χ1) is 14.7. The Morgan fingerprint density at radius 2 is 1.68 bits per heavy atom. The van der Waals surface area contributed by atoms with Gasteiger partial charge in [-0.25, -0.2) is 13.4 Å². The molecule has 0 aliphatic carbocycles. The molecule has 170 valence electrons. The maximum absolute atomic E-state index is 12.3. The first-order valence-electron chi connectivity index (χ1n) is 10.7. The molecule has 2 N–H and O–H groups in total. The highest BCUT2D eigenvalue weighted by molar-refractivity contribution is 7.90. The molecule has 0 atom stereocenters. The molecule has 0 aliphatic rings. The molecule has 0 saturated carbocycles. The average molecular weight is 446 g/mol. The molecule has 2 rings (SSSR count). The lowest BCUT2D eigenvalue weighted by molar-refractivity contribution is 0.129. The molecule has 0 unspecified atom stereocenters. The summed E-state index contributed by atoms with van der Waals surface area (Å²) in [4.78, 5) is 4.64. The van der Waals surface area contributed by atoms with Gasteiger partial charge in [-0.05, 0) is 45.7 Å². The smallest absolute Gasteiger partial charge is 0.191 e. The fraction of sp³-hybridized carbons (Fsp3) is 0.458. The van der Waals surface area contributed by atoms with Gasteiger partial charge in [0.2, 0.25) is 0 Å². The van der Waals surface area contributed by atoms with Crippen LogP contribution in [0.15, 0.2) is 59.6 Å². The molecule has 0 aliphatic heterocycles. The number of sulfone groups is 1. The van der Waals surface area contributed by atoms with Crippen LogP contribution < -0.4 is 15.4 Å². The van der Waals surface area contributed by atoms with Crippen molar-refractivity contribution in [2.24, 2.45) is 4.99 Å². The van der Waals surface area contributed by atoms with Crippen LogP contribution in [0, 0.1) is 0 Å². The second kappa shape index (κ2) is 11.7. The summed E-state index contributed by atoms with van der Waals surface area (Å²) in [7, 11) is -3.14. The minimum absolute atomic E-state index is 0.0759. The highest BCUT2D eigenvalue weighted by Gasteiger charge is 2.14. The molecule has 0 saturated heterocycles. The fourth-order valence-electron chi connectivity index (χ4n) is 2.97. The monoisotopic (exact) mass is 445 g/mol. The van der Waals surface area contributed by atoms with E-state index in [2.05, 4.69) is 15.6 Å². The normalized spacial score (nSPS) is 12.5. The minimum atomic E-state index is -3.14. The van der Waals surface area contributed by atoms with Gasteiger partial charge in [-0.3, -0.25) is 0 Å². The SMILES string of the molecule is CCNC(=NCc1ccccc1OC(C)(C)C)NCCCS(=O)(=O)Cc1ccccc1. The van der Waals surface area contributed by atoms with E-state index in [1.54, 1.807) is 0 Å². The molecule has 2 aromatic rings. The highest BCUT2D eigenvalue weighted by Crippen LogP contribution is 2.23. The summed E-state index contributed by atoms with van der Waals surface area (Å²) in [6.07, 6.45) is 0.517. The van der Waals surface area contributed by atoms with Gasteiger partial charge >= 0.3 is 0 Å². The van der Waals surface area contributed by atoms with Gasteiger partial charge in [0, 0.05) is 18.7 Å². The van der Waals surface area contributed by atoms with Gasteiger partial charge in [0.05, 0.1) is 18.1 Å². The third-order valence-corrected chi connectivity index (χ3v) is 5.98. The summed E-state index contributed by atoms with van der Waals surface area (Å²) in [5.41, 5.74) is 1.54. The molecule has 2 aromatic carbocycles. The number of guanidine groups is 1. The van der Waals surface area contributed by atoms with E-state index in [1.807, 2.05) is 82.3 Å². The molecular formula is C24H35N3O3S. The summed E-state index contributed by atoms with van der Waals surface area (Å²) >= 11 is 0. The zero-order valence-corrected chi connectivity index (χ0v) is 19.8. The van der Waals surface area contributed by atoms with E-state index in [0.29, 0.717) is 25.5 Å². The zero-order chi connectivity index (χ0) is 22.7. The maximum Gasteiger partial charge on any atom is 0.191 e. The summed E-state index contributed by atoms with van der Waals surface area (Å²) in [5.74, 6) is 1.69. The number of ether oxygens (including phenoxy) is 1. The van der Waals surface area contributed by atoms with Gasteiger partial charge < -0.3 is 15.4 Å². The molecule has 0 bridgehead atoms. The van der Waals surface area contributed by atoms with E-state index >= 15 is 0 Å². The van der Waals surface area contributed by atoms with E-state index in [-0.39, 0.29) is 17.1 Å². The van der Waals surface area contributed by atoms with Crippen molar-refractivity contribution in [1.29, 1.82) is 0 Å². The summed E-state index contributed by atoms with van der Waals surface area (Å²) in [6.45, 7) is 9.77. The number of aliphatic imine (C=N–C) groups is 1. The fourth-order valence-corrected chi connectivity index (χ4v) is 4.40. The van der Waals surface area contributed by atoms with Gasteiger partial charge in [0.15, 0.2) is 15.8 Å². The number of nitrogens with zero attached hydrogens (tertiary/aromatic N) is 1. The van der Waals surface area contributed by atoms with Crippen molar-refractivity contribution in [3.05, 3.63) is 65.7 Å². The third kappa shape index (κ3) is 9.87. The van der Waals surface area contributed by atoms with Crippen LogP contribution in [0.4, 0.5) is 0 Å². The van der Waals surface area contributed by atoms with Gasteiger partial charge in [-0.15, -0.1) is 0 Å². The lowest BCUT2D eigenvalue weighted by atomic mass is 10.1. The Bertz CT molecular complexity index is 936. The number of hydrogen-bond acceptors (Lipinski definition) is 4. The number of rotatable bonds is 10. The first-order valence-corrected chi connectivity index (χ1v) is 12.5. The Morgan fingerprint density at radius 1 is 1.00 bits per heavy atom. The van der Waals surface area contributed by atoms with Crippen molar-refractivity contribution in [2.75, 3.05) is 18.8 Å². The van der Waals surface area contributed by atoms with Crippen LogP contribution in [0.25, 0.3) is 0 Å². The Balaban J connectivity index is 1.89. The summed E-state index contributed by atoms with van der Waals surface area (Å²) < 4.78 is 30.7. The predicted molar refractivity (Wildman–Crippen MR) is 128 cm³/mol. The van der Waals surface area contributed by atoms with Crippen molar-refractivity contribution in [3.8, 4) is 5.75 Å². The second-order valence-electron chi connectivity index (χ2n) is 8.38. The predicted octanol–water partition coefficient (Wildman–Crippen LogP) is 3.92. The summed E-state index contributed by atoms with van der Waals surface area (Å²) in [5, 5.41) is 6.44. The number of para-hydroxylation sites is 1. The van der Waals surface area contributed by atoms with Gasteiger partial charge in [-0.1, -0.05) is 48.5 Å². The summed E-state index contributed by atoms with van der Waals surface area (Å²) in [6, 6.07) is 17.2. The standard InChI is InChI=1S/C24H35N3O3S/c1-5-25-23(27-18-21-14-9-10-15-22(21)30-24(2,3)4)26-16-11-17-31(28,29)19-20-12-7-6-8-13-20/h6-10,12-15H,5,11,16-19H2,1-4H3,(H2,25,26,27). The number of hydrogen-bond donors (Lipinski definition) is 2. The molecule has 31 heavy (non-hydrogen) atoms. The van der Waals surface area contributed by atoms with Crippen LogP contribution in [0.1, 0.15) is 45.2 Å². The molecule has 0 radical (unpaired) electrons. The van der Waals surface area contributed by atoms with Crippen molar-refractivity contribution in [3.63, 3.8) is 0 Å². The van der Waals surface area contributed by atoms with Gasteiger partial charge in [-0.2, -0.15) is 0 Å². The van der Waals surface area contributed by atoms with Crippen molar-refractivity contribution >= 4 is 15.8 Å². The van der Waals surface area contributed by atoms with Crippen LogP contribution in [0.3, 0.4) is 0 Å². The van der Waals surface area contributed by atoms with Crippen molar-refractivity contribution < 1.29 is 13.2 Å². The third-order valence-electron chi connectivity index (χ3n) is 4.29. The Labute approximate surface area is 187 Å². The average Bonchev–Trinajstić information content (AvgIpc) is 2.69. The lowest BCUT2D eigenvalue weighted by Crippen LogP contribution is -2.38. The van der Waals surface area contributed by atoms with Crippen LogP contribution in [-0.2, 0) is 22.1 Å². The van der Waals surface area contributed by atoms with E-state index in [0.717, 1.165) is 23.4 Å². The molecule has 0 spiro atoms. The molecule has 0 fully saturated rings. The molecular weight excluding hydrogens is 410 g/mol. The Morgan fingerprint density at radius 3 is 2.35 bits per heavy atom. The van der Waals surface area contributed by atoms with Crippen LogP contribution in [0.2, 0.25) is 0 Å². The number of nitrogens with one attached hydrogen (secondary N) is 2. The molecule has 0 aromatic heterocycles. The quantitative estimate of drug-likeness (QED) is 0.329. The molecule has 6 nitrogen and oxygen atoms in total. The molecule has 0 heterocycles. The highest BCUT2D eigenvalue weighted by atomic mass is 32.2. The van der Waals surface area contributed by atoms with Crippen molar-refractivity contribution in [2.45, 2.75) is 52.0 Å². The van der Waals surface area contributed by atoms with E-state index < -0.39 is 9.84 Å². The van der Waals surface area contributed by atoms with E-state index in [1.165, 1.54) is 0 Å². The van der Waals surface area contributed by atoms with Crippen LogP contribution >= 0.6 is 0 Å². The maximum atomic E-state index is 12.3. The zero-order valence-electron chi connectivity index (χ0n) is 19.0.